The Bertz CT molecular complexity index is 592. The molecule has 0 saturated carbocycles. The van der Waals surface area contributed by atoms with E-state index < -0.39 is 5.60 Å². The second kappa shape index (κ2) is 5.93. The van der Waals surface area contributed by atoms with Crippen LogP contribution in [0.4, 0.5) is 11.8 Å². The first kappa shape index (κ1) is 15.0. The highest BCUT2D eigenvalue weighted by atomic mass is 32.1. The van der Waals surface area contributed by atoms with Gasteiger partial charge in [0, 0.05) is 11.4 Å². The van der Waals surface area contributed by atoms with E-state index in [0.717, 1.165) is 16.6 Å². The second-order valence-electron chi connectivity index (χ2n) is 5.00. The second-order valence-corrected chi connectivity index (χ2v) is 6.12. The zero-order chi connectivity index (χ0) is 14.8. The van der Waals surface area contributed by atoms with Crippen LogP contribution in [0.1, 0.15) is 38.5 Å². The zero-order valence-electron chi connectivity index (χ0n) is 12.2. The number of thiophene rings is 1. The Hall–Kier alpha value is -1.40. The van der Waals surface area contributed by atoms with Crippen LogP contribution in [0, 0.1) is 0 Å². The number of nitrogens with two attached hydrogens (primary N) is 1. The van der Waals surface area contributed by atoms with Gasteiger partial charge >= 0.3 is 0 Å². The van der Waals surface area contributed by atoms with Crippen LogP contribution < -0.4 is 11.1 Å². The molecular weight excluding hydrogens is 272 g/mol. The van der Waals surface area contributed by atoms with Gasteiger partial charge in [-0.2, -0.15) is 4.98 Å². The lowest BCUT2D eigenvalue weighted by molar-refractivity contribution is 0.0456. The quantitative estimate of drug-likeness (QED) is 0.763. The number of nitrogens with zero attached hydrogens (tertiary/aromatic N) is 2. The third-order valence-corrected chi connectivity index (χ3v) is 4.88. The lowest BCUT2D eigenvalue weighted by Crippen LogP contribution is -2.35. The van der Waals surface area contributed by atoms with Crippen LogP contribution in [0.2, 0.25) is 0 Å². The number of rotatable bonds is 6. The molecule has 0 aliphatic rings. The largest absolute Gasteiger partial charge is 0.388 e. The molecule has 110 valence electrons. The van der Waals surface area contributed by atoms with Crippen molar-refractivity contribution in [1.82, 2.24) is 9.97 Å². The van der Waals surface area contributed by atoms with Gasteiger partial charge in [0.2, 0.25) is 5.95 Å². The highest BCUT2D eigenvalue weighted by molar-refractivity contribution is 7.18. The molecule has 4 N–H and O–H groups in total. The van der Waals surface area contributed by atoms with Crippen LogP contribution in [-0.4, -0.2) is 27.2 Å². The van der Waals surface area contributed by atoms with Crippen molar-refractivity contribution in [1.29, 1.82) is 0 Å². The number of anilines is 2. The summed E-state index contributed by atoms with van der Waals surface area (Å²) >= 11 is 1.64. The number of aliphatic hydroxyl groups is 1. The fourth-order valence-corrected chi connectivity index (χ4v) is 3.02. The summed E-state index contributed by atoms with van der Waals surface area (Å²) in [4.78, 5) is 10.7. The first-order chi connectivity index (χ1) is 9.51. The van der Waals surface area contributed by atoms with Crippen LogP contribution in [0.3, 0.4) is 0 Å². The van der Waals surface area contributed by atoms with E-state index in [2.05, 4.69) is 28.3 Å². The Balaban J connectivity index is 2.31. The van der Waals surface area contributed by atoms with Crippen molar-refractivity contribution in [3.63, 3.8) is 0 Å². The molecule has 0 bridgehead atoms. The molecule has 0 spiro atoms. The van der Waals surface area contributed by atoms with Gasteiger partial charge in [-0.25, -0.2) is 4.98 Å². The molecule has 2 heterocycles. The molecule has 0 saturated heterocycles. The monoisotopic (exact) mass is 294 g/mol. The van der Waals surface area contributed by atoms with Crippen LogP contribution in [0.5, 0.6) is 0 Å². The molecule has 0 aromatic carbocycles. The summed E-state index contributed by atoms with van der Waals surface area (Å²) in [6, 6.07) is 2.10. The highest BCUT2D eigenvalue weighted by Gasteiger charge is 2.22. The van der Waals surface area contributed by atoms with E-state index in [-0.39, 0.29) is 5.95 Å². The van der Waals surface area contributed by atoms with Crippen molar-refractivity contribution in [3.05, 3.63) is 10.9 Å². The average molecular weight is 294 g/mol. The fraction of sp³-hybridized carbons (Fsp3) is 0.571. The fourth-order valence-electron chi connectivity index (χ4n) is 2.05. The molecule has 2 rings (SSSR count). The number of aryl methyl sites for hydroxylation is 1. The first-order valence-corrected chi connectivity index (χ1v) is 7.85. The Labute approximate surface area is 123 Å². The van der Waals surface area contributed by atoms with Gasteiger partial charge < -0.3 is 16.2 Å². The van der Waals surface area contributed by atoms with Gasteiger partial charge in [0.15, 0.2) is 0 Å². The van der Waals surface area contributed by atoms with Gasteiger partial charge in [0.05, 0.1) is 11.0 Å². The molecular formula is C14H22N4OS. The molecule has 0 aliphatic carbocycles. The van der Waals surface area contributed by atoms with E-state index in [1.807, 2.05) is 13.8 Å². The highest BCUT2D eigenvalue weighted by Crippen LogP contribution is 2.30. The van der Waals surface area contributed by atoms with Gasteiger partial charge in [0.1, 0.15) is 10.6 Å². The van der Waals surface area contributed by atoms with Crippen LogP contribution in [0.15, 0.2) is 6.07 Å². The molecule has 0 unspecified atom stereocenters. The van der Waals surface area contributed by atoms with Crippen LogP contribution in [-0.2, 0) is 6.42 Å². The molecule has 6 heteroatoms. The molecule has 2 aromatic heterocycles. The minimum Gasteiger partial charge on any atom is -0.388 e. The van der Waals surface area contributed by atoms with Gasteiger partial charge in [-0.3, -0.25) is 0 Å². The lowest BCUT2D eigenvalue weighted by Gasteiger charge is -2.25. The van der Waals surface area contributed by atoms with Crippen molar-refractivity contribution in [3.8, 4) is 0 Å². The molecule has 20 heavy (non-hydrogen) atoms. The number of nitrogen functional groups attached to an aromatic ring is 1. The van der Waals surface area contributed by atoms with Crippen molar-refractivity contribution in [2.75, 3.05) is 17.6 Å². The molecule has 5 nitrogen and oxygen atoms in total. The van der Waals surface area contributed by atoms with Gasteiger partial charge in [-0.1, -0.05) is 20.8 Å². The number of nitrogens with one attached hydrogen (secondary N) is 1. The topological polar surface area (TPSA) is 84.1 Å². The van der Waals surface area contributed by atoms with Gasteiger partial charge in [-0.05, 0) is 25.3 Å². The van der Waals surface area contributed by atoms with E-state index in [9.17, 15) is 5.11 Å². The number of hydrogen-bond acceptors (Lipinski definition) is 6. The molecule has 2 aromatic rings. The summed E-state index contributed by atoms with van der Waals surface area (Å²) in [5.41, 5.74) is 5.05. The molecule has 0 fully saturated rings. The van der Waals surface area contributed by atoms with E-state index >= 15 is 0 Å². The first-order valence-electron chi connectivity index (χ1n) is 7.03. The average Bonchev–Trinajstić information content (AvgIpc) is 2.87. The maximum Gasteiger partial charge on any atom is 0.223 e. The van der Waals surface area contributed by atoms with E-state index in [4.69, 9.17) is 5.73 Å². The zero-order valence-corrected chi connectivity index (χ0v) is 13.0. The molecule has 0 atom stereocenters. The van der Waals surface area contributed by atoms with E-state index in [0.29, 0.717) is 25.2 Å². The maximum atomic E-state index is 10.3. The molecule has 0 radical (unpaired) electrons. The minimum atomic E-state index is -0.713. The Morgan fingerprint density at radius 2 is 2.00 bits per heavy atom. The summed E-state index contributed by atoms with van der Waals surface area (Å²) < 4.78 is 0. The predicted molar refractivity (Wildman–Crippen MR) is 85.2 cm³/mol. The summed E-state index contributed by atoms with van der Waals surface area (Å²) in [6.45, 7) is 6.54. The summed E-state index contributed by atoms with van der Waals surface area (Å²) in [6.07, 6.45) is 2.36. The van der Waals surface area contributed by atoms with E-state index in [1.54, 1.807) is 11.3 Å². The Morgan fingerprint density at radius 1 is 1.30 bits per heavy atom. The number of fused-ring (bicyclic) bond motifs is 1. The normalized spacial score (nSPS) is 12.0. The summed E-state index contributed by atoms with van der Waals surface area (Å²) in [7, 11) is 0. The van der Waals surface area contributed by atoms with Crippen LogP contribution in [0.25, 0.3) is 10.2 Å². The lowest BCUT2D eigenvalue weighted by atomic mass is 9.98. The van der Waals surface area contributed by atoms with Crippen LogP contribution >= 0.6 is 11.3 Å². The van der Waals surface area contributed by atoms with E-state index in [1.165, 1.54) is 4.88 Å². The third-order valence-electron chi connectivity index (χ3n) is 3.71. The van der Waals surface area contributed by atoms with Crippen molar-refractivity contribution < 1.29 is 5.11 Å². The van der Waals surface area contributed by atoms with Crippen molar-refractivity contribution in [2.24, 2.45) is 0 Å². The SMILES string of the molecule is CCc1cc2c(NCC(O)(CC)CC)nc(N)nc2s1. The molecule has 0 amide bonds. The number of hydrogen-bond donors (Lipinski definition) is 3. The minimum absolute atomic E-state index is 0.265. The van der Waals surface area contributed by atoms with Gasteiger partial charge in [0.25, 0.3) is 0 Å². The van der Waals surface area contributed by atoms with Crippen molar-refractivity contribution in [2.45, 2.75) is 45.6 Å². The third kappa shape index (κ3) is 3.02. The Kier molecular flexibility index (Phi) is 4.45. The Morgan fingerprint density at radius 3 is 2.60 bits per heavy atom. The van der Waals surface area contributed by atoms with Gasteiger partial charge in [-0.15, -0.1) is 11.3 Å². The summed E-state index contributed by atoms with van der Waals surface area (Å²) in [5.74, 6) is 0.977. The molecule has 0 aliphatic heterocycles. The standard InChI is InChI=1S/C14H22N4OS/c1-4-9-7-10-11(16-8-14(19,5-2)6-3)17-13(15)18-12(10)20-9/h7,19H,4-6,8H2,1-3H3,(H3,15,16,17,18). The predicted octanol–water partition coefficient (Wildman–Crippen LogP) is 2.80. The van der Waals surface area contributed by atoms with Crippen molar-refractivity contribution >= 4 is 33.3 Å². The maximum absolute atomic E-state index is 10.3. The number of aromatic nitrogens is 2. The smallest absolute Gasteiger partial charge is 0.223 e. The summed E-state index contributed by atoms with van der Waals surface area (Å²) in [5, 5.41) is 14.6.